The highest BCUT2D eigenvalue weighted by Gasteiger charge is 2.21. The predicted molar refractivity (Wildman–Crippen MR) is 133 cm³/mol. The zero-order valence-electron chi connectivity index (χ0n) is 19.5. The molecule has 33 heavy (non-hydrogen) atoms. The van der Waals surface area contributed by atoms with E-state index in [2.05, 4.69) is 34.5 Å². The van der Waals surface area contributed by atoms with E-state index in [4.69, 9.17) is 0 Å². The van der Waals surface area contributed by atoms with Crippen molar-refractivity contribution in [2.45, 2.75) is 39.2 Å². The van der Waals surface area contributed by atoms with Gasteiger partial charge in [-0.2, -0.15) is 0 Å². The second-order valence-electron chi connectivity index (χ2n) is 9.21. The van der Waals surface area contributed by atoms with E-state index in [1.807, 2.05) is 68.4 Å². The van der Waals surface area contributed by atoms with Gasteiger partial charge in [-0.1, -0.05) is 80.6 Å². The lowest BCUT2D eigenvalue weighted by Gasteiger charge is -2.32. The first-order chi connectivity index (χ1) is 16.0. The van der Waals surface area contributed by atoms with Gasteiger partial charge in [0.2, 0.25) is 5.91 Å². The molecule has 4 nitrogen and oxygen atoms in total. The Morgan fingerprint density at radius 1 is 0.879 bits per heavy atom. The molecule has 1 aliphatic rings. The quantitative estimate of drug-likeness (QED) is 0.466. The largest absolute Gasteiger partial charge is 0.326 e. The number of piperidine rings is 1. The number of nitrogens with one attached hydrogen (secondary N) is 1. The van der Waals surface area contributed by atoms with E-state index in [1.165, 1.54) is 11.1 Å². The van der Waals surface area contributed by atoms with E-state index in [0.717, 1.165) is 49.3 Å². The van der Waals surface area contributed by atoms with Crippen LogP contribution in [0.1, 0.15) is 59.7 Å². The summed E-state index contributed by atoms with van der Waals surface area (Å²) in [5, 5.41) is 3.01. The molecule has 1 heterocycles. The Hall–Kier alpha value is -3.24. The molecule has 170 valence electrons. The number of hydrogen-bond donors (Lipinski definition) is 1. The average molecular weight is 441 g/mol. The Morgan fingerprint density at radius 3 is 2.21 bits per heavy atom. The van der Waals surface area contributed by atoms with Crippen LogP contribution in [0, 0.1) is 5.92 Å². The van der Waals surface area contributed by atoms with E-state index in [0.29, 0.717) is 5.92 Å². The van der Waals surface area contributed by atoms with Gasteiger partial charge in [-0.15, -0.1) is 0 Å². The third-order valence-electron chi connectivity index (χ3n) is 6.40. The summed E-state index contributed by atoms with van der Waals surface area (Å²) in [7, 11) is 0. The van der Waals surface area contributed by atoms with Crippen LogP contribution in [0.25, 0.3) is 0 Å². The second-order valence-corrected chi connectivity index (χ2v) is 9.21. The standard InChI is InChI=1S/C29H32N2O2/c1-21(2)29(33)30-27-10-6-9-26(19-27)23-15-17-31(18-16-23)20-22-11-13-25(14-12-22)28(32)24-7-4-3-5-8-24/h3-14,19,21,23H,15-18,20H2,1-2H3,(H,30,33). The summed E-state index contributed by atoms with van der Waals surface area (Å²) >= 11 is 0. The van der Waals surface area contributed by atoms with E-state index < -0.39 is 0 Å². The number of benzene rings is 3. The van der Waals surface area contributed by atoms with E-state index in [-0.39, 0.29) is 17.6 Å². The molecule has 4 rings (SSSR count). The SMILES string of the molecule is CC(C)C(=O)Nc1cccc(C2CCN(Cc3ccc(C(=O)c4ccccc4)cc3)CC2)c1. The topological polar surface area (TPSA) is 49.4 Å². The zero-order valence-corrected chi connectivity index (χ0v) is 19.5. The monoisotopic (exact) mass is 440 g/mol. The van der Waals surface area contributed by atoms with Crippen molar-refractivity contribution >= 4 is 17.4 Å². The number of rotatable bonds is 7. The van der Waals surface area contributed by atoms with Crippen molar-refractivity contribution in [2.24, 2.45) is 5.92 Å². The Bertz CT molecular complexity index is 1080. The van der Waals surface area contributed by atoms with Crippen molar-refractivity contribution in [3.05, 3.63) is 101 Å². The van der Waals surface area contributed by atoms with E-state index in [9.17, 15) is 9.59 Å². The molecule has 3 aromatic carbocycles. The van der Waals surface area contributed by atoms with Gasteiger partial charge in [0.15, 0.2) is 5.78 Å². The molecule has 1 N–H and O–H groups in total. The van der Waals surface area contributed by atoms with Crippen molar-refractivity contribution in [3.8, 4) is 0 Å². The number of likely N-dealkylation sites (tertiary alicyclic amines) is 1. The number of hydrogen-bond acceptors (Lipinski definition) is 3. The molecule has 0 bridgehead atoms. The summed E-state index contributed by atoms with van der Waals surface area (Å²) in [4.78, 5) is 27.1. The van der Waals surface area contributed by atoms with Crippen molar-refractivity contribution in [2.75, 3.05) is 18.4 Å². The summed E-state index contributed by atoms with van der Waals surface area (Å²) in [6, 6.07) is 25.7. The molecule has 1 fully saturated rings. The lowest BCUT2D eigenvalue weighted by Crippen LogP contribution is -2.32. The van der Waals surface area contributed by atoms with Crippen LogP contribution in [0.15, 0.2) is 78.9 Å². The molecule has 1 aliphatic heterocycles. The van der Waals surface area contributed by atoms with Crippen LogP contribution < -0.4 is 5.32 Å². The summed E-state index contributed by atoms with van der Waals surface area (Å²) in [6.45, 7) is 6.79. The number of ketones is 1. The Kier molecular flexibility index (Phi) is 7.36. The first kappa shape index (κ1) is 22.9. The van der Waals surface area contributed by atoms with Gasteiger partial charge < -0.3 is 5.32 Å². The molecule has 0 atom stereocenters. The van der Waals surface area contributed by atoms with Crippen LogP contribution in [0.2, 0.25) is 0 Å². The van der Waals surface area contributed by atoms with Gasteiger partial charge in [-0.25, -0.2) is 0 Å². The maximum atomic E-state index is 12.6. The normalized spacial score (nSPS) is 14.9. The molecular weight excluding hydrogens is 408 g/mol. The predicted octanol–water partition coefficient (Wildman–Crippen LogP) is 5.89. The molecule has 1 saturated heterocycles. The van der Waals surface area contributed by atoms with Crippen molar-refractivity contribution in [1.29, 1.82) is 0 Å². The van der Waals surface area contributed by atoms with Crippen LogP contribution in [-0.2, 0) is 11.3 Å². The summed E-state index contributed by atoms with van der Waals surface area (Å²) < 4.78 is 0. The van der Waals surface area contributed by atoms with Gasteiger partial charge in [0, 0.05) is 29.3 Å². The number of carbonyl (C=O) groups excluding carboxylic acids is 2. The van der Waals surface area contributed by atoms with Crippen molar-refractivity contribution in [1.82, 2.24) is 4.90 Å². The van der Waals surface area contributed by atoms with Gasteiger partial charge >= 0.3 is 0 Å². The van der Waals surface area contributed by atoms with Crippen molar-refractivity contribution < 1.29 is 9.59 Å². The number of carbonyl (C=O) groups is 2. The smallest absolute Gasteiger partial charge is 0.226 e. The van der Waals surface area contributed by atoms with Gasteiger partial charge in [-0.3, -0.25) is 14.5 Å². The van der Waals surface area contributed by atoms with Crippen LogP contribution in [0.4, 0.5) is 5.69 Å². The fourth-order valence-corrected chi connectivity index (χ4v) is 4.36. The first-order valence-electron chi connectivity index (χ1n) is 11.8. The van der Waals surface area contributed by atoms with Gasteiger partial charge in [0.25, 0.3) is 0 Å². The molecule has 0 aromatic heterocycles. The summed E-state index contributed by atoms with van der Waals surface area (Å²) in [5.74, 6) is 0.610. The fourth-order valence-electron chi connectivity index (χ4n) is 4.36. The fraction of sp³-hybridized carbons (Fsp3) is 0.310. The molecule has 0 radical (unpaired) electrons. The Balaban J connectivity index is 1.31. The van der Waals surface area contributed by atoms with Gasteiger partial charge in [0.1, 0.15) is 0 Å². The maximum Gasteiger partial charge on any atom is 0.226 e. The highest BCUT2D eigenvalue weighted by atomic mass is 16.1. The molecular formula is C29H32N2O2. The molecule has 3 aromatic rings. The van der Waals surface area contributed by atoms with Gasteiger partial charge in [-0.05, 0) is 55.1 Å². The third kappa shape index (κ3) is 5.96. The number of anilines is 1. The summed E-state index contributed by atoms with van der Waals surface area (Å²) in [5.41, 5.74) is 4.88. The first-order valence-corrected chi connectivity index (χ1v) is 11.8. The second kappa shape index (κ2) is 10.6. The lowest BCUT2D eigenvalue weighted by atomic mass is 9.89. The average Bonchev–Trinajstić information content (AvgIpc) is 2.85. The highest BCUT2D eigenvalue weighted by Crippen LogP contribution is 2.30. The van der Waals surface area contributed by atoms with Crippen LogP contribution in [-0.4, -0.2) is 29.7 Å². The minimum absolute atomic E-state index is 0.0255. The van der Waals surface area contributed by atoms with Crippen molar-refractivity contribution in [3.63, 3.8) is 0 Å². The van der Waals surface area contributed by atoms with Crippen LogP contribution >= 0.6 is 0 Å². The minimum Gasteiger partial charge on any atom is -0.326 e. The maximum absolute atomic E-state index is 12.6. The molecule has 0 unspecified atom stereocenters. The van der Waals surface area contributed by atoms with Gasteiger partial charge in [0.05, 0.1) is 0 Å². The van der Waals surface area contributed by atoms with E-state index in [1.54, 1.807) is 0 Å². The molecule has 4 heteroatoms. The number of nitrogens with zero attached hydrogens (tertiary/aromatic N) is 1. The molecule has 0 spiro atoms. The molecule has 0 saturated carbocycles. The highest BCUT2D eigenvalue weighted by molar-refractivity contribution is 6.08. The molecule has 1 amide bonds. The van der Waals surface area contributed by atoms with Crippen LogP contribution in [0.5, 0.6) is 0 Å². The van der Waals surface area contributed by atoms with E-state index >= 15 is 0 Å². The Labute approximate surface area is 196 Å². The third-order valence-corrected chi connectivity index (χ3v) is 6.40. The summed E-state index contributed by atoms with van der Waals surface area (Å²) in [6.07, 6.45) is 2.21. The lowest BCUT2D eigenvalue weighted by molar-refractivity contribution is -0.118. The Morgan fingerprint density at radius 2 is 1.55 bits per heavy atom. The zero-order chi connectivity index (χ0) is 23.2. The molecule has 0 aliphatic carbocycles. The minimum atomic E-state index is -0.0255. The number of amides is 1. The van der Waals surface area contributed by atoms with Crippen LogP contribution in [0.3, 0.4) is 0 Å².